The van der Waals surface area contributed by atoms with Crippen molar-refractivity contribution in [2.75, 3.05) is 6.26 Å². The Bertz CT molecular complexity index is 961. The number of ketones is 2. The molecule has 1 aliphatic rings. The van der Waals surface area contributed by atoms with E-state index in [4.69, 9.17) is 11.6 Å². The number of aryl methyl sites for hydroxylation is 1. The Hall–Kier alpha value is -1.57. The van der Waals surface area contributed by atoms with Crippen molar-refractivity contribution in [2.45, 2.75) is 30.6 Å². The maximum atomic E-state index is 13.1. The number of carbonyl (C=O) groups excluding carboxylic acids is 2. The Morgan fingerprint density at radius 1 is 1.32 bits per heavy atom. The first-order valence-electron chi connectivity index (χ1n) is 7.67. The average molecular weight is 398 g/mol. The molecule has 8 heteroatoms. The highest BCUT2D eigenvalue weighted by molar-refractivity contribution is 7.90. The largest absolute Gasteiger partial charge is 0.298 e. The van der Waals surface area contributed by atoms with Crippen LogP contribution in [0.1, 0.15) is 39.7 Å². The molecular formula is C17H16ClNO4S2. The number of rotatable bonds is 6. The zero-order valence-corrected chi connectivity index (χ0v) is 16.0. The summed E-state index contributed by atoms with van der Waals surface area (Å²) in [6.07, 6.45) is 2.66. The Morgan fingerprint density at radius 3 is 2.48 bits per heavy atom. The van der Waals surface area contributed by atoms with Crippen LogP contribution in [0.3, 0.4) is 0 Å². The molecule has 0 amide bonds. The highest BCUT2D eigenvalue weighted by atomic mass is 35.5. The van der Waals surface area contributed by atoms with Crippen molar-refractivity contribution in [3.63, 3.8) is 0 Å². The van der Waals surface area contributed by atoms with Crippen LogP contribution in [-0.2, 0) is 14.6 Å². The number of hydrogen-bond donors (Lipinski definition) is 0. The van der Waals surface area contributed by atoms with Crippen LogP contribution in [0.2, 0.25) is 5.02 Å². The summed E-state index contributed by atoms with van der Waals surface area (Å²) in [4.78, 5) is 30.6. The van der Waals surface area contributed by atoms with Gasteiger partial charge in [-0.25, -0.2) is 13.4 Å². The number of thiazole rings is 1. The minimum Gasteiger partial charge on any atom is -0.298 e. The van der Waals surface area contributed by atoms with Crippen molar-refractivity contribution < 1.29 is 18.0 Å². The summed E-state index contributed by atoms with van der Waals surface area (Å²) in [5.41, 5.74) is 2.42. The van der Waals surface area contributed by atoms with E-state index in [1.54, 1.807) is 12.4 Å². The van der Waals surface area contributed by atoms with Gasteiger partial charge < -0.3 is 0 Å². The molecule has 0 spiro atoms. The van der Waals surface area contributed by atoms with E-state index in [9.17, 15) is 18.0 Å². The van der Waals surface area contributed by atoms with Gasteiger partial charge in [0.1, 0.15) is 5.92 Å². The summed E-state index contributed by atoms with van der Waals surface area (Å²) >= 11 is 7.44. The van der Waals surface area contributed by atoms with E-state index in [0.717, 1.165) is 19.1 Å². The molecule has 25 heavy (non-hydrogen) atoms. The first kappa shape index (κ1) is 18.2. The van der Waals surface area contributed by atoms with E-state index in [1.807, 2.05) is 0 Å². The lowest BCUT2D eigenvalue weighted by molar-refractivity contribution is -0.120. The quantitative estimate of drug-likeness (QED) is 0.550. The zero-order chi connectivity index (χ0) is 18.4. The fraction of sp³-hybridized carbons (Fsp3) is 0.353. The minimum absolute atomic E-state index is 0.0312. The van der Waals surface area contributed by atoms with E-state index in [1.165, 1.54) is 29.5 Å². The highest BCUT2D eigenvalue weighted by Crippen LogP contribution is 2.39. The van der Waals surface area contributed by atoms with Crippen LogP contribution < -0.4 is 0 Å². The van der Waals surface area contributed by atoms with Gasteiger partial charge >= 0.3 is 0 Å². The molecule has 3 rings (SSSR count). The van der Waals surface area contributed by atoms with E-state index < -0.39 is 21.5 Å². The summed E-state index contributed by atoms with van der Waals surface area (Å²) < 4.78 is 23.3. The molecule has 5 nitrogen and oxygen atoms in total. The molecule has 2 aromatic rings. The molecule has 0 aliphatic heterocycles. The molecule has 0 saturated heterocycles. The van der Waals surface area contributed by atoms with Gasteiger partial charge in [-0.2, -0.15) is 0 Å². The minimum atomic E-state index is -3.43. The molecule has 1 aromatic heterocycles. The topological polar surface area (TPSA) is 81.2 Å². The Morgan fingerprint density at radius 2 is 2.00 bits per heavy atom. The molecule has 1 saturated carbocycles. The zero-order valence-electron chi connectivity index (χ0n) is 13.7. The third-order valence-electron chi connectivity index (χ3n) is 4.21. The van der Waals surface area contributed by atoms with Crippen LogP contribution in [0.25, 0.3) is 0 Å². The van der Waals surface area contributed by atoms with Crippen LogP contribution in [0, 0.1) is 12.8 Å². The molecule has 0 radical (unpaired) electrons. The fourth-order valence-corrected chi connectivity index (χ4v) is 4.54. The Kier molecular flexibility index (Phi) is 4.83. The molecule has 0 bridgehead atoms. The highest BCUT2D eigenvalue weighted by Gasteiger charge is 2.41. The van der Waals surface area contributed by atoms with Crippen LogP contribution in [-0.4, -0.2) is 31.2 Å². The Labute approximate surface area is 155 Å². The number of nitrogens with zero attached hydrogens (tertiary/aromatic N) is 1. The van der Waals surface area contributed by atoms with Gasteiger partial charge in [-0.05, 0) is 38.0 Å². The van der Waals surface area contributed by atoms with Crippen LogP contribution >= 0.6 is 22.9 Å². The van der Waals surface area contributed by atoms with E-state index in [2.05, 4.69) is 4.98 Å². The number of halogens is 1. The molecule has 132 valence electrons. The van der Waals surface area contributed by atoms with Gasteiger partial charge in [0.15, 0.2) is 21.4 Å². The number of carbonyl (C=O) groups is 2. The summed E-state index contributed by atoms with van der Waals surface area (Å²) in [6.45, 7) is 1.76. The molecule has 1 unspecified atom stereocenters. The molecule has 1 aromatic carbocycles. The van der Waals surface area contributed by atoms with Gasteiger partial charge in [0.2, 0.25) is 0 Å². The molecular weight excluding hydrogens is 382 g/mol. The number of benzene rings is 1. The summed E-state index contributed by atoms with van der Waals surface area (Å²) in [7, 11) is -3.43. The maximum absolute atomic E-state index is 13.1. The third kappa shape index (κ3) is 3.68. The lowest BCUT2D eigenvalue weighted by Crippen LogP contribution is -2.24. The van der Waals surface area contributed by atoms with Crippen molar-refractivity contribution in [3.05, 3.63) is 44.9 Å². The summed E-state index contributed by atoms with van der Waals surface area (Å²) in [5, 5.41) is 0.0312. The molecule has 1 fully saturated rings. The maximum Gasteiger partial charge on any atom is 0.180 e. The van der Waals surface area contributed by atoms with Gasteiger partial charge in [-0.15, -0.1) is 11.3 Å². The second-order valence-corrected chi connectivity index (χ2v) is 9.50. The van der Waals surface area contributed by atoms with Crippen molar-refractivity contribution in [3.8, 4) is 0 Å². The van der Waals surface area contributed by atoms with Crippen LogP contribution in [0.4, 0.5) is 0 Å². The van der Waals surface area contributed by atoms with Crippen molar-refractivity contribution in [1.29, 1.82) is 0 Å². The lowest BCUT2D eigenvalue weighted by Gasteiger charge is -2.15. The third-order valence-corrected chi connectivity index (χ3v) is 6.62. The smallest absolute Gasteiger partial charge is 0.180 e. The van der Waals surface area contributed by atoms with Gasteiger partial charge in [-0.1, -0.05) is 11.6 Å². The van der Waals surface area contributed by atoms with Crippen molar-refractivity contribution in [2.24, 2.45) is 5.92 Å². The number of aromatic nitrogens is 1. The first-order valence-corrected chi connectivity index (χ1v) is 10.8. The number of hydrogen-bond acceptors (Lipinski definition) is 6. The molecule has 1 atom stereocenters. The second-order valence-electron chi connectivity index (χ2n) is 6.19. The van der Waals surface area contributed by atoms with Crippen molar-refractivity contribution in [1.82, 2.24) is 4.98 Å². The Balaban J connectivity index is 2.04. The standard InChI is InChI=1S/C17H16ClNO4S2/c1-9-17(24-8-19-9)14(15(20)10-3-4-10)16(21)12-6-5-11(7-13(12)18)25(2,22)23/h5-8,10,14H,3-4H2,1-2H3. The van der Waals surface area contributed by atoms with E-state index >= 15 is 0 Å². The second kappa shape index (κ2) is 6.63. The predicted octanol–water partition coefficient (Wildman–Crippen LogP) is 3.45. The normalized spacial score (nSPS) is 15.8. The molecule has 1 aliphatic carbocycles. The summed E-state index contributed by atoms with van der Waals surface area (Å²) in [6, 6.07) is 3.97. The SMILES string of the molecule is Cc1ncsc1C(C(=O)c1ccc(S(C)(=O)=O)cc1Cl)C(=O)C1CC1. The number of Topliss-reactive ketones (excluding diaryl/α,β-unsaturated/α-hetero) is 2. The lowest BCUT2D eigenvalue weighted by atomic mass is 9.89. The van der Waals surface area contributed by atoms with E-state index in [-0.39, 0.29) is 27.2 Å². The van der Waals surface area contributed by atoms with Crippen LogP contribution in [0.15, 0.2) is 28.6 Å². The monoisotopic (exact) mass is 397 g/mol. The van der Waals surface area contributed by atoms with Crippen LogP contribution in [0.5, 0.6) is 0 Å². The van der Waals surface area contributed by atoms with Crippen molar-refractivity contribution >= 4 is 44.3 Å². The summed E-state index contributed by atoms with van der Waals surface area (Å²) in [5.74, 6) is -1.54. The predicted molar refractivity (Wildman–Crippen MR) is 96.2 cm³/mol. The average Bonchev–Trinajstić information content (AvgIpc) is 3.30. The molecule has 1 heterocycles. The van der Waals surface area contributed by atoms with Gasteiger partial charge in [-0.3, -0.25) is 9.59 Å². The molecule has 0 N–H and O–H groups in total. The fourth-order valence-electron chi connectivity index (χ4n) is 2.65. The number of sulfone groups is 1. The van der Waals surface area contributed by atoms with E-state index in [0.29, 0.717) is 10.6 Å². The van der Waals surface area contributed by atoms with Gasteiger partial charge in [0.05, 0.1) is 21.1 Å². The van der Waals surface area contributed by atoms with Gasteiger partial charge in [0.25, 0.3) is 0 Å². The first-order chi connectivity index (χ1) is 11.7. The van der Waals surface area contributed by atoms with Gasteiger partial charge in [0, 0.05) is 22.6 Å².